The molecule has 1 saturated heterocycles. The van der Waals surface area contributed by atoms with Crippen LogP contribution in [0.2, 0.25) is 0 Å². The SMILES string of the molecule is C[C@H](NC1CCOC1=O)C(=O)O. The molecule has 2 atom stereocenters. The third kappa shape index (κ3) is 1.94. The normalized spacial score (nSPS) is 25.1. The van der Waals surface area contributed by atoms with E-state index >= 15 is 0 Å². The van der Waals surface area contributed by atoms with Crippen molar-refractivity contribution in [2.45, 2.75) is 25.4 Å². The minimum Gasteiger partial charge on any atom is -0.480 e. The van der Waals surface area contributed by atoms with Crippen molar-refractivity contribution >= 4 is 11.9 Å². The second-order valence-corrected chi connectivity index (χ2v) is 2.74. The average Bonchev–Trinajstić information content (AvgIpc) is 2.36. The maximum atomic E-state index is 10.9. The van der Waals surface area contributed by atoms with Gasteiger partial charge in [-0.1, -0.05) is 0 Å². The van der Waals surface area contributed by atoms with Gasteiger partial charge in [-0.25, -0.2) is 0 Å². The molecule has 5 heteroatoms. The maximum Gasteiger partial charge on any atom is 0.323 e. The predicted molar refractivity (Wildman–Crippen MR) is 39.6 cm³/mol. The Morgan fingerprint density at radius 2 is 2.50 bits per heavy atom. The Hall–Kier alpha value is -1.10. The molecule has 5 nitrogen and oxygen atoms in total. The Morgan fingerprint density at radius 3 is 2.92 bits per heavy atom. The molecule has 0 aromatic rings. The Labute approximate surface area is 69.7 Å². The summed E-state index contributed by atoms with van der Waals surface area (Å²) in [4.78, 5) is 21.2. The van der Waals surface area contributed by atoms with E-state index in [0.717, 1.165) is 0 Å². The summed E-state index contributed by atoms with van der Waals surface area (Å²) in [6.07, 6.45) is 0.552. The molecule has 1 aliphatic heterocycles. The molecule has 1 rings (SSSR count). The van der Waals surface area contributed by atoms with E-state index in [-0.39, 0.29) is 5.97 Å². The zero-order chi connectivity index (χ0) is 9.14. The van der Waals surface area contributed by atoms with Gasteiger partial charge < -0.3 is 9.84 Å². The number of hydrogen-bond donors (Lipinski definition) is 2. The number of nitrogens with one attached hydrogen (secondary N) is 1. The number of esters is 1. The van der Waals surface area contributed by atoms with Gasteiger partial charge in [-0.3, -0.25) is 14.9 Å². The second-order valence-electron chi connectivity index (χ2n) is 2.74. The molecule has 2 N–H and O–H groups in total. The first kappa shape index (κ1) is 8.99. The van der Waals surface area contributed by atoms with Crippen molar-refractivity contribution in [3.8, 4) is 0 Å². The zero-order valence-corrected chi connectivity index (χ0v) is 6.74. The van der Waals surface area contributed by atoms with Crippen LogP contribution in [-0.2, 0) is 14.3 Å². The van der Waals surface area contributed by atoms with Crippen LogP contribution in [0.15, 0.2) is 0 Å². The predicted octanol–water partition coefficient (Wildman–Crippen LogP) is -0.635. The summed E-state index contributed by atoms with van der Waals surface area (Å²) in [5, 5.41) is 11.2. The Morgan fingerprint density at radius 1 is 1.83 bits per heavy atom. The average molecular weight is 173 g/mol. The van der Waals surface area contributed by atoms with Crippen molar-refractivity contribution < 1.29 is 19.4 Å². The first-order chi connectivity index (χ1) is 5.61. The molecular weight excluding hydrogens is 162 g/mol. The monoisotopic (exact) mass is 173 g/mol. The number of cyclic esters (lactones) is 1. The molecule has 0 spiro atoms. The molecular formula is C7H11NO4. The molecule has 1 fully saturated rings. The van der Waals surface area contributed by atoms with Gasteiger partial charge in [0.1, 0.15) is 12.1 Å². The van der Waals surface area contributed by atoms with Gasteiger partial charge in [-0.05, 0) is 6.92 Å². The Bertz CT molecular complexity index is 204. The van der Waals surface area contributed by atoms with E-state index < -0.39 is 18.1 Å². The highest BCUT2D eigenvalue weighted by Gasteiger charge is 2.28. The first-order valence-electron chi connectivity index (χ1n) is 3.76. The van der Waals surface area contributed by atoms with Crippen molar-refractivity contribution in [2.24, 2.45) is 0 Å². The van der Waals surface area contributed by atoms with E-state index in [1.54, 1.807) is 0 Å². The molecule has 0 aliphatic carbocycles. The van der Waals surface area contributed by atoms with Crippen LogP contribution < -0.4 is 5.32 Å². The molecule has 12 heavy (non-hydrogen) atoms. The van der Waals surface area contributed by atoms with Crippen LogP contribution in [0.25, 0.3) is 0 Å². The number of hydrogen-bond acceptors (Lipinski definition) is 4. The number of carbonyl (C=O) groups is 2. The lowest BCUT2D eigenvalue weighted by molar-refractivity contribution is -0.141. The van der Waals surface area contributed by atoms with Crippen LogP contribution in [0, 0.1) is 0 Å². The third-order valence-electron chi connectivity index (χ3n) is 1.76. The van der Waals surface area contributed by atoms with E-state index in [9.17, 15) is 9.59 Å². The Balaban J connectivity index is 2.40. The fraction of sp³-hybridized carbons (Fsp3) is 0.714. The van der Waals surface area contributed by atoms with Gasteiger partial charge in [-0.15, -0.1) is 0 Å². The molecule has 1 aliphatic rings. The summed E-state index contributed by atoms with van der Waals surface area (Å²) in [5.74, 6) is -1.32. The van der Waals surface area contributed by atoms with Crippen LogP contribution >= 0.6 is 0 Å². The van der Waals surface area contributed by atoms with Crippen molar-refractivity contribution in [3.05, 3.63) is 0 Å². The van der Waals surface area contributed by atoms with Crippen molar-refractivity contribution in [3.63, 3.8) is 0 Å². The minimum absolute atomic E-state index is 0.358. The van der Waals surface area contributed by atoms with Gasteiger partial charge in [0.2, 0.25) is 0 Å². The molecule has 0 radical (unpaired) electrons. The smallest absolute Gasteiger partial charge is 0.323 e. The van der Waals surface area contributed by atoms with Crippen LogP contribution in [0.3, 0.4) is 0 Å². The van der Waals surface area contributed by atoms with Gasteiger partial charge >= 0.3 is 11.9 Å². The molecule has 0 amide bonds. The highest BCUT2D eigenvalue weighted by Crippen LogP contribution is 2.06. The fourth-order valence-corrected chi connectivity index (χ4v) is 1.02. The zero-order valence-electron chi connectivity index (χ0n) is 6.74. The molecule has 0 aromatic heterocycles. The van der Waals surface area contributed by atoms with E-state index in [4.69, 9.17) is 5.11 Å². The van der Waals surface area contributed by atoms with E-state index in [1.807, 2.05) is 0 Å². The van der Waals surface area contributed by atoms with E-state index in [1.165, 1.54) is 6.92 Å². The number of carbonyl (C=O) groups excluding carboxylic acids is 1. The van der Waals surface area contributed by atoms with Crippen molar-refractivity contribution in [1.29, 1.82) is 0 Å². The standard InChI is InChI=1S/C7H11NO4/c1-4(6(9)10)8-5-2-3-12-7(5)11/h4-5,8H,2-3H2,1H3,(H,9,10)/t4-,5?/m0/s1. The van der Waals surface area contributed by atoms with Crippen molar-refractivity contribution in [1.82, 2.24) is 5.32 Å². The minimum atomic E-state index is -0.963. The molecule has 0 bridgehead atoms. The maximum absolute atomic E-state index is 10.9. The number of carboxylic acid groups (broad SMARTS) is 1. The quantitative estimate of drug-likeness (QED) is 0.555. The lowest BCUT2D eigenvalue weighted by Gasteiger charge is -2.11. The van der Waals surface area contributed by atoms with E-state index in [0.29, 0.717) is 13.0 Å². The largest absolute Gasteiger partial charge is 0.480 e. The second kappa shape index (κ2) is 3.53. The summed E-state index contributed by atoms with van der Waals surface area (Å²) in [6.45, 7) is 1.87. The van der Waals surface area contributed by atoms with Crippen LogP contribution in [0.1, 0.15) is 13.3 Å². The third-order valence-corrected chi connectivity index (χ3v) is 1.76. The summed E-state index contributed by atoms with van der Waals surface area (Å²) >= 11 is 0. The van der Waals surface area contributed by atoms with Crippen LogP contribution in [-0.4, -0.2) is 35.7 Å². The first-order valence-corrected chi connectivity index (χ1v) is 3.76. The number of aliphatic carboxylic acids is 1. The van der Waals surface area contributed by atoms with Gasteiger partial charge in [0.15, 0.2) is 0 Å². The lowest BCUT2D eigenvalue weighted by Crippen LogP contribution is -2.43. The summed E-state index contributed by atoms with van der Waals surface area (Å²) in [6, 6.07) is -1.16. The van der Waals surface area contributed by atoms with Crippen molar-refractivity contribution in [2.75, 3.05) is 6.61 Å². The summed E-state index contributed by atoms with van der Waals surface area (Å²) < 4.78 is 4.65. The number of carboxylic acids is 1. The summed E-state index contributed by atoms with van der Waals surface area (Å²) in [7, 11) is 0. The molecule has 1 unspecified atom stereocenters. The molecule has 0 saturated carbocycles. The van der Waals surface area contributed by atoms with Gasteiger partial charge in [-0.2, -0.15) is 0 Å². The van der Waals surface area contributed by atoms with E-state index in [2.05, 4.69) is 10.1 Å². The molecule has 0 aromatic carbocycles. The Kier molecular flexibility index (Phi) is 2.65. The van der Waals surface area contributed by atoms with Gasteiger partial charge in [0.05, 0.1) is 6.61 Å². The van der Waals surface area contributed by atoms with Gasteiger partial charge in [0.25, 0.3) is 0 Å². The molecule has 1 heterocycles. The lowest BCUT2D eigenvalue weighted by atomic mass is 10.2. The highest BCUT2D eigenvalue weighted by atomic mass is 16.5. The van der Waals surface area contributed by atoms with Crippen LogP contribution in [0.4, 0.5) is 0 Å². The number of rotatable bonds is 3. The number of ether oxygens (including phenoxy) is 1. The summed E-state index contributed by atoms with van der Waals surface area (Å²) in [5.41, 5.74) is 0. The topological polar surface area (TPSA) is 75.6 Å². The fourth-order valence-electron chi connectivity index (χ4n) is 1.02. The highest BCUT2D eigenvalue weighted by molar-refractivity contribution is 5.79. The molecule has 68 valence electrons. The van der Waals surface area contributed by atoms with Gasteiger partial charge in [0, 0.05) is 6.42 Å². The van der Waals surface area contributed by atoms with Crippen LogP contribution in [0.5, 0.6) is 0 Å².